The van der Waals surface area contributed by atoms with Crippen LogP contribution in [-0.4, -0.2) is 37.1 Å². The zero-order chi connectivity index (χ0) is 11.8. The number of nitrogens with zero attached hydrogens (tertiary/aromatic N) is 3. The number of rotatable bonds is 6. The summed E-state index contributed by atoms with van der Waals surface area (Å²) in [5.74, 6) is 0. The molecular weight excluding hydrogens is 200 g/mol. The number of nitrogens with one attached hydrogen (secondary N) is 1. The molecule has 4 nitrogen and oxygen atoms in total. The summed E-state index contributed by atoms with van der Waals surface area (Å²) in [6.07, 6.45) is 3.88. The van der Waals surface area contributed by atoms with Crippen LogP contribution in [-0.2, 0) is 0 Å². The van der Waals surface area contributed by atoms with E-state index in [0.717, 1.165) is 31.6 Å². The minimum absolute atomic E-state index is 0.468. The number of unbranched alkanes of at least 4 members (excludes halogenated alkanes) is 1. The monoisotopic (exact) mass is 218 g/mol. The Kier molecular flexibility index (Phi) is 5.30. The number of pyridine rings is 1. The summed E-state index contributed by atoms with van der Waals surface area (Å²) < 4.78 is 0. The molecule has 0 saturated carbocycles. The minimum atomic E-state index is 0.468. The van der Waals surface area contributed by atoms with Crippen LogP contribution >= 0.6 is 0 Å². The standard InChI is InChI=1S/C12H18N4/c1-16(2)9-4-3-7-14-11-6-5-8-15-12(11)10-13/h5-6,8,14H,3-4,7,9H2,1-2H3. The topological polar surface area (TPSA) is 52.0 Å². The first-order chi connectivity index (χ1) is 7.74. The number of hydrogen-bond acceptors (Lipinski definition) is 4. The van der Waals surface area contributed by atoms with Crippen molar-refractivity contribution in [3.05, 3.63) is 24.0 Å². The third-order valence-corrected chi connectivity index (χ3v) is 2.26. The molecular formula is C12H18N4. The molecule has 0 amide bonds. The Morgan fingerprint density at radius 3 is 2.94 bits per heavy atom. The highest BCUT2D eigenvalue weighted by molar-refractivity contribution is 5.53. The van der Waals surface area contributed by atoms with E-state index >= 15 is 0 Å². The summed E-state index contributed by atoms with van der Waals surface area (Å²) >= 11 is 0. The van der Waals surface area contributed by atoms with E-state index in [4.69, 9.17) is 5.26 Å². The van der Waals surface area contributed by atoms with Gasteiger partial charge in [-0.05, 0) is 45.6 Å². The average molecular weight is 218 g/mol. The lowest BCUT2D eigenvalue weighted by molar-refractivity contribution is 0.396. The highest BCUT2D eigenvalue weighted by atomic mass is 15.0. The van der Waals surface area contributed by atoms with E-state index in [9.17, 15) is 0 Å². The third-order valence-electron chi connectivity index (χ3n) is 2.26. The maximum Gasteiger partial charge on any atom is 0.163 e. The maximum absolute atomic E-state index is 8.83. The van der Waals surface area contributed by atoms with Gasteiger partial charge in [0.05, 0.1) is 5.69 Å². The molecule has 0 aromatic carbocycles. The van der Waals surface area contributed by atoms with Crippen molar-refractivity contribution in [2.24, 2.45) is 0 Å². The van der Waals surface area contributed by atoms with Gasteiger partial charge in [0.2, 0.25) is 0 Å². The van der Waals surface area contributed by atoms with Crippen LogP contribution < -0.4 is 5.32 Å². The molecule has 16 heavy (non-hydrogen) atoms. The lowest BCUT2D eigenvalue weighted by Crippen LogP contribution is -2.14. The van der Waals surface area contributed by atoms with Gasteiger partial charge in [0.25, 0.3) is 0 Å². The van der Waals surface area contributed by atoms with Crippen LogP contribution in [0.5, 0.6) is 0 Å². The Balaban J connectivity index is 2.30. The third kappa shape index (κ3) is 4.28. The summed E-state index contributed by atoms with van der Waals surface area (Å²) in [5, 5.41) is 12.1. The molecule has 0 fully saturated rings. The van der Waals surface area contributed by atoms with Crippen molar-refractivity contribution >= 4 is 5.69 Å². The number of aromatic nitrogens is 1. The van der Waals surface area contributed by atoms with Crippen molar-refractivity contribution in [2.45, 2.75) is 12.8 Å². The zero-order valence-corrected chi connectivity index (χ0v) is 9.90. The first-order valence-corrected chi connectivity index (χ1v) is 5.47. The molecule has 0 aliphatic carbocycles. The molecule has 0 atom stereocenters. The van der Waals surface area contributed by atoms with Crippen LogP contribution in [0.2, 0.25) is 0 Å². The van der Waals surface area contributed by atoms with E-state index in [1.807, 2.05) is 12.1 Å². The van der Waals surface area contributed by atoms with Crippen LogP contribution in [0.15, 0.2) is 18.3 Å². The molecule has 0 spiro atoms. The predicted octanol–water partition coefficient (Wildman–Crippen LogP) is 1.71. The molecule has 1 aromatic rings. The van der Waals surface area contributed by atoms with Crippen molar-refractivity contribution in [3.8, 4) is 6.07 Å². The summed E-state index contributed by atoms with van der Waals surface area (Å²) in [7, 11) is 4.14. The van der Waals surface area contributed by atoms with E-state index in [2.05, 4.69) is 35.4 Å². The molecule has 1 N–H and O–H groups in total. The van der Waals surface area contributed by atoms with Crippen LogP contribution in [0.1, 0.15) is 18.5 Å². The second kappa shape index (κ2) is 6.81. The number of hydrogen-bond donors (Lipinski definition) is 1. The van der Waals surface area contributed by atoms with Crippen LogP contribution in [0.3, 0.4) is 0 Å². The smallest absolute Gasteiger partial charge is 0.163 e. The highest BCUT2D eigenvalue weighted by Crippen LogP contribution is 2.10. The molecule has 0 aliphatic heterocycles. The van der Waals surface area contributed by atoms with Crippen LogP contribution in [0, 0.1) is 11.3 Å². The normalized spacial score (nSPS) is 10.1. The van der Waals surface area contributed by atoms with E-state index < -0.39 is 0 Å². The second-order valence-electron chi connectivity index (χ2n) is 3.95. The lowest BCUT2D eigenvalue weighted by atomic mass is 10.2. The lowest BCUT2D eigenvalue weighted by Gasteiger charge is -2.10. The number of nitriles is 1. The summed E-state index contributed by atoms with van der Waals surface area (Å²) in [4.78, 5) is 6.16. The molecule has 1 rings (SSSR count). The molecule has 1 heterocycles. The Morgan fingerprint density at radius 2 is 2.25 bits per heavy atom. The van der Waals surface area contributed by atoms with Gasteiger partial charge >= 0.3 is 0 Å². The Morgan fingerprint density at radius 1 is 1.44 bits per heavy atom. The summed E-state index contributed by atoms with van der Waals surface area (Å²) in [5.41, 5.74) is 1.30. The molecule has 86 valence electrons. The first kappa shape index (κ1) is 12.5. The molecule has 1 aromatic heterocycles. The largest absolute Gasteiger partial charge is 0.383 e. The van der Waals surface area contributed by atoms with E-state index in [-0.39, 0.29) is 0 Å². The average Bonchev–Trinajstić information content (AvgIpc) is 2.29. The number of anilines is 1. The molecule has 0 radical (unpaired) electrons. The zero-order valence-electron chi connectivity index (χ0n) is 9.90. The fourth-order valence-electron chi connectivity index (χ4n) is 1.41. The van der Waals surface area contributed by atoms with Crippen molar-refractivity contribution < 1.29 is 0 Å². The second-order valence-corrected chi connectivity index (χ2v) is 3.95. The fraction of sp³-hybridized carbons (Fsp3) is 0.500. The molecule has 0 unspecified atom stereocenters. The highest BCUT2D eigenvalue weighted by Gasteiger charge is 2.00. The molecule has 4 heteroatoms. The SMILES string of the molecule is CN(C)CCCCNc1cccnc1C#N. The minimum Gasteiger partial charge on any atom is -0.383 e. The van der Waals surface area contributed by atoms with Crippen LogP contribution in [0.25, 0.3) is 0 Å². The van der Waals surface area contributed by atoms with Crippen molar-refractivity contribution in [2.75, 3.05) is 32.5 Å². The fourth-order valence-corrected chi connectivity index (χ4v) is 1.41. The van der Waals surface area contributed by atoms with Gasteiger partial charge in [0, 0.05) is 12.7 Å². The van der Waals surface area contributed by atoms with Gasteiger partial charge < -0.3 is 10.2 Å². The van der Waals surface area contributed by atoms with E-state index in [0.29, 0.717) is 5.69 Å². The van der Waals surface area contributed by atoms with Gasteiger partial charge in [-0.1, -0.05) is 0 Å². The van der Waals surface area contributed by atoms with Gasteiger partial charge in [-0.15, -0.1) is 0 Å². The van der Waals surface area contributed by atoms with Crippen molar-refractivity contribution in [1.82, 2.24) is 9.88 Å². The quantitative estimate of drug-likeness (QED) is 0.738. The maximum atomic E-state index is 8.83. The molecule has 0 aliphatic rings. The molecule has 0 bridgehead atoms. The summed E-state index contributed by atoms with van der Waals surface area (Å²) in [6.45, 7) is 1.98. The van der Waals surface area contributed by atoms with Crippen molar-refractivity contribution in [1.29, 1.82) is 5.26 Å². The molecule has 0 saturated heterocycles. The Bertz CT molecular complexity index is 354. The van der Waals surface area contributed by atoms with E-state index in [1.165, 1.54) is 0 Å². The first-order valence-electron chi connectivity index (χ1n) is 5.47. The Labute approximate surface area is 96.9 Å². The predicted molar refractivity (Wildman–Crippen MR) is 65.2 cm³/mol. The van der Waals surface area contributed by atoms with Crippen LogP contribution in [0.4, 0.5) is 5.69 Å². The van der Waals surface area contributed by atoms with Crippen molar-refractivity contribution in [3.63, 3.8) is 0 Å². The van der Waals surface area contributed by atoms with Gasteiger partial charge in [0.15, 0.2) is 5.69 Å². The van der Waals surface area contributed by atoms with Gasteiger partial charge in [-0.3, -0.25) is 0 Å². The van der Waals surface area contributed by atoms with Gasteiger partial charge in [-0.25, -0.2) is 4.98 Å². The van der Waals surface area contributed by atoms with E-state index in [1.54, 1.807) is 6.20 Å². The summed E-state index contributed by atoms with van der Waals surface area (Å²) in [6, 6.07) is 5.80. The van der Waals surface area contributed by atoms with Gasteiger partial charge in [0.1, 0.15) is 6.07 Å². The van der Waals surface area contributed by atoms with Gasteiger partial charge in [-0.2, -0.15) is 5.26 Å². The Hall–Kier alpha value is -1.60.